The van der Waals surface area contributed by atoms with Gasteiger partial charge in [-0.25, -0.2) is 8.42 Å². The lowest BCUT2D eigenvalue weighted by Gasteiger charge is -2.22. The molecule has 1 aliphatic heterocycles. The first kappa shape index (κ1) is 26.2. The molecule has 0 spiro atoms. The summed E-state index contributed by atoms with van der Waals surface area (Å²) in [5, 5.41) is 14.0. The Morgan fingerprint density at radius 3 is 2.61 bits per heavy atom. The van der Waals surface area contributed by atoms with Crippen LogP contribution in [-0.4, -0.2) is 50.2 Å². The first-order chi connectivity index (χ1) is 17.3. The van der Waals surface area contributed by atoms with Crippen LogP contribution in [0.4, 0.5) is 0 Å². The van der Waals surface area contributed by atoms with Crippen molar-refractivity contribution in [2.24, 2.45) is 5.92 Å². The van der Waals surface area contributed by atoms with Gasteiger partial charge in [-0.2, -0.15) is 4.72 Å². The summed E-state index contributed by atoms with van der Waals surface area (Å²) in [6, 6.07) is 10.7. The number of aromatic nitrogens is 1. The summed E-state index contributed by atoms with van der Waals surface area (Å²) >= 11 is 0. The van der Waals surface area contributed by atoms with Crippen molar-refractivity contribution in [1.82, 2.24) is 15.0 Å². The number of aromatic amines is 1. The third-order valence-electron chi connectivity index (χ3n) is 6.82. The Kier molecular flexibility index (Phi) is 8.66. The van der Waals surface area contributed by atoms with Gasteiger partial charge in [-0.15, -0.1) is 0 Å². The molecule has 0 radical (unpaired) electrons. The van der Waals surface area contributed by atoms with Crippen molar-refractivity contribution in [1.29, 1.82) is 0 Å². The predicted molar refractivity (Wildman–Crippen MR) is 140 cm³/mol. The lowest BCUT2D eigenvalue weighted by Crippen LogP contribution is -2.42. The Labute approximate surface area is 212 Å². The van der Waals surface area contributed by atoms with Crippen molar-refractivity contribution in [3.05, 3.63) is 59.8 Å². The lowest BCUT2D eigenvalue weighted by molar-refractivity contribution is -0.138. The molecule has 0 aliphatic carbocycles. The van der Waals surface area contributed by atoms with E-state index in [0.717, 1.165) is 54.1 Å². The molecular formula is C27H35N3O5S. The number of piperidine rings is 1. The minimum absolute atomic E-state index is 0.000123. The fourth-order valence-electron chi connectivity index (χ4n) is 4.68. The molecular weight excluding hydrogens is 478 g/mol. The average Bonchev–Trinajstić information content (AvgIpc) is 3.26. The Morgan fingerprint density at radius 1 is 1.14 bits per heavy atom. The van der Waals surface area contributed by atoms with Gasteiger partial charge in [0.15, 0.2) is 0 Å². The van der Waals surface area contributed by atoms with E-state index in [2.05, 4.69) is 15.0 Å². The fraction of sp³-hybridized carbons (Fsp3) is 0.444. The number of sulfonamides is 1. The monoisotopic (exact) mass is 513 g/mol. The van der Waals surface area contributed by atoms with Gasteiger partial charge in [-0.1, -0.05) is 24.1 Å². The molecule has 1 saturated heterocycles. The van der Waals surface area contributed by atoms with Gasteiger partial charge in [0, 0.05) is 23.5 Å². The van der Waals surface area contributed by atoms with Gasteiger partial charge >= 0.3 is 5.97 Å². The van der Waals surface area contributed by atoms with E-state index in [9.17, 15) is 18.3 Å². The zero-order valence-corrected chi connectivity index (χ0v) is 21.4. The maximum absolute atomic E-state index is 12.8. The number of hydrogen-bond donors (Lipinski definition) is 4. The maximum Gasteiger partial charge on any atom is 0.322 e. The Hall–Kier alpha value is -2.88. The van der Waals surface area contributed by atoms with Crippen molar-refractivity contribution in [2.45, 2.75) is 56.4 Å². The number of unbranched alkanes of at least 4 members (excludes halogenated alkanes) is 1. The first-order valence-corrected chi connectivity index (χ1v) is 14.1. The van der Waals surface area contributed by atoms with E-state index in [4.69, 9.17) is 4.74 Å². The number of fused-ring (bicyclic) bond motifs is 1. The van der Waals surface area contributed by atoms with Crippen LogP contribution >= 0.6 is 0 Å². The number of benzene rings is 2. The van der Waals surface area contributed by atoms with Gasteiger partial charge in [-0.3, -0.25) is 4.79 Å². The molecule has 1 aromatic heterocycles. The van der Waals surface area contributed by atoms with Crippen LogP contribution in [0.25, 0.3) is 10.9 Å². The number of ether oxygens (including phenoxy) is 1. The van der Waals surface area contributed by atoms with Crippen LogP contribution < -0.4 is 14.8 Å². The molecule has 9 heteroatoms. The number of carbonyl (C=O) groups is 1. The topological polar surface area (TPSA) is 121 Å². The van der Waals surface area contributed by atoms with Gasteiger partial charge in [0.1, 0.15) is 11.8 Å². The van der Waals surface area contributed by atoms with Crippen LogP contribution in [0.15, 0.2) is 53.6 Å². The molecule has 2 heterocycles. The highest BCUT2D eigenvalue weighted by Gasteiger charge is 2.26. The Balaban J connectivity index is 1.38. The number of carboxylic acids is 1. The quantitative estimate of drug-likeness (QED) is 0.272. The second kappa shape index (κ2) is 11.9. The van der Waals surface area contributed by atoms with E-state index in [1.807, 2.05) is 25.1 Å². The zero-order chi connectivity index (χ0) is 25.5. The standard InChI is InChI=1S/C27H35N3O5S/c1-19-5-8-23(9-6-19)36(33,34)30-26(27(31)32)16-21-18-29-25-10-7-22(17-24(21)25)35-15-3-2-4-20-11-13-28-14-12-20/h5-10,17-18,20,26,28-30H,2-4,11-16H2,1H3,(H,31,32)/t26-/m0/s1. The lowest BCUT2D eigenvalue weighted by atomic mass is 9.93. The normalized spacial score (nSPS) is 15.7. The summed E-state index contributed by atoms with van der Waals surface area (Å²) in [6.45, 7) is 4.73. The van der Waals surface area contributed by atoms with Crippen LogP contribution in [0.2, 0.25) is 0 Å². The van der Waals surface area contributed by atoms with E-state index < -0.39 is 22.0 Å². The van der Waals surface area contributed by atoms with E-state index in [1.165, 1.54) is 31.4 Å². The number of H-pyrrole nitrogens is 1. The second-order valence-corrected chi connectivity index (χ2v) is 11.3. The molecule has 0 saturated carbocycles. The molecule has 194 valence electrons. The summed E-state index contributed by atoms with van der Waals surface area (Å²) in [5.74, 6) is 0.300. The number of aliphatic carboxylic acids is 1. The molecule has 1 fully saturated rings. The molecule has 0 amide bonds. The maximum atomic E-state index is 12.8. The SMILES string of the molecule is Cc1ccc(S(=O)(=O)N[C@@H](Cc2c[nH]c3ccc(OCCCCC4CCNCC4)cc23)C(=O)O)cc1. The molecule has 4 rings (SSSR count). The van der Waals surface area contributed by atoms with Crippen molar-refractivity contribution in [3.63, 3.8) is 0 Å². The molecule has 0 bridgehead atoms. The number of hydrogen-bond acceptors (Lipinski definition) is 5. The molecule has 8 nitrogen and oxygen atoms in total. The van der Waals surface area contributed by atoms with Crippen LogP contribution in [0.1, 0.15) is 43.2 Å². The molecule has 4 N–H and O–H groups in total. The average molecular weight is 514 g/mol. The van der Waals surface area contributed by atoms with E-state index in [1.54, 1.807) is 18.3 Å². The number of aryl methyl sites for hydroxylation is 1. The van der Waals surface area contributed by atoms with Gasteiger partial charge in [0.2, 0.25) is 10.0 Å². The third-order valence-corrected chi connectivity index (χ3v) is 8.31. The van der Waals surface area contributed by atoms with E-state index in [0.29, 0.717) is 12.2 Å². The minimum Gasteiger partial charge on any atom is -0.494 e. The second-order valence-electron chi connectivity index (χ2n) is 9.59. The van der Waals surface area contributed by atoms with E-state index in [-0.39, 0.29) is 11.3 Å². The number of rotatable bonds is 12. The largest absolute Gasteiger partial charge is 0.494 e. The van der Waals surface area contributed by atoms with Crippen molar-refractivity contribution in [2.75, 3.05) is 19.7 Å². The molecule has 1 aliphatic rings. The Bertz CT molecular complexity index is 1260. The highest BCUT2D eigenvalue weighted by Crippen LogP contribution is 2.26. The summed E-state index contributed by atoms with van der Waals surface area (Å²) < 4.78 is 33.9. The highest BCUT2D eigenvalue weighted by atomic mass is 32.2. The highest BCUT2D eigenvalue weighted by molar-refractivity contribution is 7.89. The van der Waals surface area contributed by atoms with Crippen LogP contribution in [0, 0.1) is 12.8 Å². The number of nitrogens with one attached hydrogen (secondary N) is 3. The molecule has 3 aromatic rings. The third kappa shape index (κ3) is 6.87. The van der Waals surface area contributed by atoms with Gasteiger partial charge in [0.25, 0.3) is 0 Å². The smallest absolute Gasteiger partial charge is 0.322 e. The zero-order valence-electron chi connectivity index (χ0n) is 20.6. The van der Waals surface area contributed by atoms with Crippen LogP contribution in [-0.2, 0) is 21.2 Å². The molecule has 0 unspecified atom stereocenters. The molecule has 1 atom stereocenters. The molecule has 2 aromatic carbocycles. The predicted octanol–water partition coefficient (Wildman–Crippen LogP) is 4.00. The van der Waals surface area contributed by atoms with Crippen molar-refractivity contribution < 1.29 is 23.1 Å². The summed E-state index contributed by atoms with van der Waals surface area (Å²) in [4.78, 5) is 15.1. The van der Waals surface area contributed by atoms with Crippen molar-refractivity contribution in [3.8, 4) is 5.75 Å². The first-order valence-electron chi connectivity index (χ1n) is 12.6. The van der Waals surface area contributed by atoms with Crippen LogP contribution in [0.5, 0.6) is 5.75 Å². The van der Waals surface area contributed by atoms with Gasteiger partial charge < -0.3 is 20.1 Å². The Morgan fingerprint density at radius 2 is 1.89 bits per heavy atom. The van der Waals surface area contributed by atoms with E-state index >= 15 is 0 Å². The molecule has 36 heavy (non-hydrogen) atoms. The fourth-order valence-corrected chi connectivity index (χ4v) is 5.87. The van der Waals surface area contributed by atoms with Gasteiger partial charge in [0.05, 0.1) is 11.5 Å². The van der Waals surface area contributed by atoms with Crippen LogP contribution in [0.3, 0.4) is 0 Å². The minimum atomic E-state index is -3.98. The number of carboxylic acid groups (broad SMARTS) is 1. The van der Waals surface area contributed by atoms with Gasteiger partial charge in [-0.05, 0) is 87.5 Å². The summed E-state index contributed by atoms with van der Waals surface area (Å²) in [6.07, 6.45) is 7.61. The summed E-state index contributed by atoms with van der Waals surface area (Å²) in [7, 11) is -3.98. The summed E-state index contributed by atoms with van der Waals surface area (Å²) in [5.41, 5.74) is 2.47. The van der Waals surface area contributed by atoms with Crippen molar-refractivity contribution >= 4 is 26.9 Å².